The zero-order chi connectivity index (χ0) is 15.0. The first kappa shape index (κ1) is 17.0. The number of rotatable bonds is 6. The van der Waals surface area contributed by atoms with E-state index < -0.39 is 6.03 Å². The van der Waals surface area contributed by atoms with Gasteiger partial charge in [0.1, 0.15) is 0 Å². The molecule has 0 aromatic heterocycles. The number of urea groups is 1. The Kier molecular flexibility index (Phi) is 7.59. The number of hydrogen-bond donors (Lipinski definition) is 3. The largest absolute Gasteiger partial charge is 0.338 e. The van der Waals surface area contributed by atoms with Crippen LogP contribution in [0.5, 0.6) is 0 Å². The van der Waals surface area contributed by atoms with E-state index in [1.165, 1.54) is 32.1 Å². The van der Waals surface area contributed by atoms with E-state index in [9.17, 15) is 9.59 Å². The van der Waals surface area contributed by atoms with Crippen molar-refractivity contribution < 1.29 is 9.59 Å². The second-order valence-corrected chi connectivity index (χ2v) is 5.77. The van der Waals surface area contributed by atoms with Crippen LogP contribution >= 0.6 is 0 Å². The lowest BCUT2D eigenvalue weighted by Crippen LogP contribution is -2.49. The normalized spacial score (nSPS) is 23.9. The molecule has 1 atom stereocenters. The van der Waals surface area contributed by atoms with Crippen molar-refractivity contribution in [1.29, 1.82) is 0 Å². The van der Waals surface area contributed by atoms with Crippen molar-refractivity contribution in [1.82, 2.24) is 16.0 Å². The highest BCUT2D eigenvalue weighted by molar-refractivity contribution is 5.96. The Balaban J connectivity index is 2.20. The van der Waals surface area contributed by atoms with E-state index in [0.29, 0.717) is 12.5 Å². The molecule has 0 radical (unpaired) electrons. The molecule has 116 valence electrons. The minimum Gasteiger partial charge on any atom is -0.338 e. The first-order chi connectivity index (χ1) is 9.56. The first-order valence-electron chi connectivity index (χ1n) is 7.88. The molecule has 0 bridgehead atoms. The van der Waals surface area contributed by atoms with Gasteiger partial charge in [-0.25, -0.2) is 4.79 Å². The second kappa shape index (κ2) is 8.95. The molecule has 0 aromatic rings. The van der Waals surface area contributed by atoms with Gasteiger partial charge in [0, 0.05) is 6.54 Å². The molecule has 1 rings (SSSR count). The van der Waals surface area contributed by atoms with E-state index in [1.54, 1.807) is 6.92 Å². The van der Waals surface area contributed by atoms with Crippen LogP contribution < -0.4 is 16.0 Å². The van der Waals surface area contributed by atoms with Gasteiger partial charge in [0.05, 0.1) is 6.04 Å². The highest BCUT2D eigenvalue weighted by Gasteiger charge is 2.21. The van der Waals surface area contributed by atoms with Gasteiger partial charge in [-0.1, -0.05) is 26.2 Å². The summed E-state index contributed by atoms with van der Waals surface area (Å²) in [5.74, 6) is 1.29. The fourth-order valence-electron chi connectivity index (χ4n) is 2.70. The van der Waals surface area contributed by atoms with Gasteiger partial charge in [-0.15, -0.1) is 0 Å². The minimum absolute atomic E-state index is 0.266. The average molecular weight is 283 g/mol. The maximum absolute atomic E-state index is 11.8. The Hall–Kier alpha value is -1.10. The van der Waals surface area contributed by atoms with E-state index in [0.717, 1.165) is 12.5 Å². The molecule has 0 saturated heterocycles. The fraction of sp³-hybridized carbons (Fsp3) is 0.867. The van der Waals surface area contributed by atoms with Gasteiger partial charge in [0.2, 0.25) is 5.91 Å². The Labute approximate surface area is 122 Å². The molecule has 0 heterocycles. The standard InChI is InChI=1S/C15H29N3O2/c1-4-12-6-8-13(9-7-12)10-17-11(3)14(19)18-15(20)16-5-2/h11-13,17H,4-10H2,1-3H3,(H2,16,18,19,20). The van der Waals surface area contributed by atoms with Crippen molar-refractivity contribution in [2.24, 2.45) is 11.8 Å². The Morgan fingerprint density at radius 2 is 1.70 bits per heavy atom. The molecular formula is C15H29N3O2. The molecule has 5 heteroatoms. The predicted molar refractivity (Wildman–Crippen MR) is 80.4 cm³/mol. The van der Waals surface area contributed by atoms with Crippen LogP contribution in [0, 0.1) is 11.8 Å². The number of amides is 3. The number of nitrogens with one attached hydrogen (secondary N) is 3. The molecule has 0 aliphatic heterocycles. The molecule has 3 amide bonds. The van der Waals surface area contributed by atoms with Crippen LogP contribution in [0.4, 0.5) is 4.79 Å². The van der Waals surface area contributed by atoms with E-state index in [-0.39, 0.29) is 11.9 Å². The Bertz CT molecular complexity index is 312. The lowest BCUT2D eigenvalue weighted by atomic mass is 9.81. The predicted octanol–water partition coefficient (Wildman–Crippen LogP) is 2.03. The Morgan fingerprint density at radius 1 is 1.10 bits per heavy atom. The van der Waals surface area contributed by atoms with Gasteiger partial charge in [0.15, 0.2) is 0 Å². The molecule has 1 aliphatic rings. The minimum atomic E-state index is -0.422. The van der Waals surface area contributed by atoms with Crippen molar-refractivity contribution in [2.45, 2.75) is 58.9 Å². The van der Waals surface area contributed by atoms with Crippen LogP contribution in [0.2, 0.25) is 0 Å². The van der Waals surface area contributed by atoms with Crippen LogP contribution in [0.25, 0.3) is 0 Å². The number of carbonyl (C=O) groups is 2. The quantitative estimate of drug-likeness (QED) is 0.698. The van der Waals surface area contributed by atoms with Crippen LogP contribution in [0.15, 0.2) is 0 Å². The lowest BCUT2D eigenvalue weighted by Gasteiger charge is -2.28. The summed E-state index contributed by atoms with van der Waals surface area (Å²) in [5.41, 5.74) is 0. The second-order valence-electron chi connectivity index (χ2n) is 5.77. The van der Waals surface area contributed by atoms with Gasteiger partial charge in [-0.3, -0.25) is 10.1 Å². The van der Waals surface area contributed by atoms with Crippen LogP contribution in [-0.2, 0) is 4.79 Å². The van der Waals surface area contributed by atoms with E-state index in [1.807, 2.05) is 6.92 Å². The molecule has 3 N–H and O–H groups in total. The molecule has 0 aromatic carbocycles. The highest BCUT2D eigenvalue weighted by Crippen LogP contribution is 2.30. The SMILES string of the molecule is CCNC(=O)NC(=O)C(C)NCC1CCC(CC)CC1. The average Bonchev–Trinajstić information content (AvgIpc) is 2.45. The van der Waals surface area contributed by atoms with E-state index in [4.69, 9.17) is 0 Å². The molecule has 1 fully saturated rings. The van der Waals surface area contributed by atoms with Crippen LogP contribution in [0.1, 0.15) is 52.9 Å². The van der Waals surface area contributed by atoms with Gasteiger partial charge in [-0.05, 0) is 45.1 Å². The number of carbonyl (C=O) groups excluding carboxylic acids is 2. The molecule has 1 saturated carbocycles. The van der Waals surface area contributed by atoms with Gasteiger partial charge in [0.25, 0.3) is 0 Å². The molecule has 0 spiro atoms. The highest BCUT2D eigenvalue weighted by atomic mass is 16.2. The van der Waals surface area contributed by atoms with Crippen LogP contribution in [0.3, 0.4) is 0 Å². The van der Waals surface area contributed by atoms with Gasteiger partial charge in [-0.2, -0.15) is 0 Å². The van der Waals surface area contributed by atoms with Crippen molar-refractivity contribution in [3.05, 3.63) is 0 Å². The number of imide groups is 1. The first-order valence-corrected chi connectivity index (χ1v) is 7.88. The molecular weight excluding hydrogens is 254 g/mol. The van der Waals surface area contributed by atoms with Gasteiger partial charge < -0.3 is 10.6 Å². The summed E-state index contributed by atoms with van der Waals surface area (Å²) >= 11 is 0. The number of hydrogen-bond acceptors (Lipinski definition) is 3. The van der Waals surface area contributed by atoms with Crippen molar-refractivity contribution in [3.63, 3.8) is 0 Å². The lowest BCUT2D eigenvalue weighted by molar-refractivity contribution is -0.121. The monoisotopic (exact) mass is 283 g/mol. The molecule has 5 nitrogen and oxygen atoms in total. The summed E-state index contributed by atoms with van der Waals surface area (Å²) in [7, 11) is 0. The third kappa shape index (κ3) is 5.90. The summed E-state index contributed by atoms with van der Waals surface area (Å²) < 4.78 is 0. The summed E-state index contributed by atoms with van der Waals surface area (Å²) in [5, 5.41) is 8.12. The zero-order valence-corrected chi connectivity index (χ0v) is 13.0. The summed E-state index contributed by atoms with van der Waals surface area (Å²) in [4.78, 5) is 23.0. The fourth-order valence-corrected chi connectivity index (χ4v) is 2.70. The molecule has 1 unspecified atom stereocenters. The van der Waals surface area contributed by atoms with Crippen molar-refractivity contribution >= 4 is 11.9 Å². The third-order valence-electron chi connectivity index (χ3n) is 4.22. The third-order valence-corrected chi connectivity index (χ3v) is 4.22. The molecule has 20 heavy (non-hydrogen) atoms. The van der Waals surface area contributed by atoms with E-state index >= 15 is 0 Å². The topological polar surface area (TPSA) is 70.2 Å². The Morgan fingerprint density at radius 3 is 2.25 bits per heavy atom. The maximum Gasteiger partial charge on any atom is 0.321 e. The zero-order valence-electron chi connectivity index (χ0n) is 13.0. The summed E-state index contributed by atoms with van der Waals surface area (Å²) in [6.45, 7) is 7.25. The van der Waals surface area contributed by atoms with Gasteiger partial charge >= 0.3 is 6.03 Å². The van der Waals surface area contributed by atoms with E-state index in [2.05, 4.69) is 22.9 Å². The van der Waals surface area contributed by atoms with Crippen LogP contribution in [-0.4, -0.2) is 31.1 Å². The summed E-state index contributed by atoms with van der Waals surface area (Å²) in [6.07, 6.45) is 6.39. The maximum atomic E-state index is 11.8. The summed E-state index contributed by atoms with van der Waals surface area (Å²) in [6, 6.07) is -0.754. The van der Waals surface area contributed by atoms with Crippen molar-refractivity contribution in [2.75, 3.05) is 13.1 Å². The smallest absolute Gasteiger partial charge is 0.321 e. The molecule has 1 aliphatic carbocycles. The van der Waals surface area contributed by atoms with Crippen molar-refractivity contribution in [3.8, 4) is 0 Å².